The summed E-state index contributed by atoms with van der Waals surface area (Å²) in [6.45, 7) is 11.7. The Morgan fingerprint density at radius 2 is 1.70 bits per heavy atom. The lowest BCUT2D eigenvalue weighted by molar-refractivity contribution is -0.102. The molecule has 3 nitrogen and oxygen atoms in total. The smallest absolute Gasteiger partial charge is 0.0853 e. The largest absolute Gasteiger partial charge is 0.380 e. The van der Waals surface area contributed by atoms with Gasteiger partial charge in [0.1, 0.15) is 0 Å². The fourth-order valence-corrected chi connectivity index (χ4v) is 3.11. The predicted octanol–water partition coefficient (Wildman–Crippen LogP) is 3.77. The van der Waals surface area contributed by atoms with E-state index >= 15 is 0 Å². The highest BCUT2D eigenvalue weighted by Crippen LogP contribution is 2.43. The van der Waals surface area contributed by atoms with Gasteiger partial charge in [-0.25, -0.2) is 0 Å². The monoisotopic (exact) mass is 285 g/mol. The number of methoxy groups -OCH3 is 1. The third-order valence-corrected chi connectivity index (χ3v) is 4.77. The summed E-state index contributed by atoms with van der Waals surface area (Å²) >= 11 is 0. The molecule has 120 valence electrons. The van der Waals surface area contributed by atoms with E-state index in [-0.39, 0.29) is 5.60 Å². The topological polar surface area (TPSA) is 30.5 Å². The zero-order chi connectivity index (χ0) is 15.1. The van der Waals surface area contributed by atoms with Crippen molar-refractivity contribution in [2.24, 2.45) is 5.41 Å². The van der Waals surface area contributed by atoms with Crippen LogP contribution in [0.3, 0.4) is 0 Å². The van der Waals surface area contributed by atoms with Crippen LogP contribution in [0.1, 0.15) is 66.2 Å². The quantitative estimate of drug-likeness (QED) is 0.654. The molecule has 20 heavy (non-hydrogen) atoms. The van der Waals surface area contributed by atoms with Crippen molar-refractivity contribution in [3.8, 4) is 0 Å². The fourth-order valence-electron chi connectivity index (χ4n) is 3.11. The lowest BCUT2D eigenvalue weighted by Gasteiger charge is -2.47. The zero-order valence-corrected chi connectivity index (χ0v) is 14.3. The van der Waals surface area contributed by atoms with E-state index < -0.39 is 0 Å². The van der Waals surface area contributed by atoms with Crippen LogP contribution in [0.15, 0.2) is 0 Å². The van der Waals surface area contributed by atoms with Gasteiger partial charge < -0.3 is 14.8 Å². The highest BCUT2D eigenvalue weighted by Gasteiger charge is 2.44. The van der Waals surface area contributed by atoms with Gasteiger partial charge in [0.2, 0.25) is 0 Å². The second kappa shape index (κ2) is 8.35. The Balaban J connectivity index is 2.68. The highest BCUT2D eigenvalue weighted by atomic mass is 16.5. The molecule has 1 rings (SSSR count). The molecule has 1 aliphatic carbocycles. The van der Waals surface area contributed by atoms with Crippen molar-refractivity contribution in [2.45, 2.75) is 77.9 Å². The lowest BCUT2D eigenvalue weighted by Crippen LogP contribution is -2.57. The van der Waals surface area contributed by atoms with E-state index in [0.717, 1.165) is 45.4 Å². The van der Waals surface area contributed by atoms with E-state index in [4.69, 9.17) is 9.47 Å². The molecule has 0 bridgehead atoms. The molecule has 1 unspecified atom stereocenters. The summed E-state index contributed by atoms with van der Waals surface area (Å²) < 4.78 is 11.9. The van der Waals surface area contributed by atoms with E-state index in [1.807, 2.05) is 7.11 Å². The van der Waals surface area contributed by atoms with Gasteiger partial charge in [0.05, 0.1) is 18.2 Å². The molecule has 1 N–H and O–H groups in total. The summed E-state index contributed by atoms with van der Waals surface area (Å²) in [5.74, 6) is 0. The average Bonchev–Trinajstić information content (AvgIpc) is 2.44. The summed E-state index contributed by atoms with van der Waals surface area (Å²) in [4.78, 5) is 0. The maximum absolute atomic E-state index is 6.02. The minimum atomic E-state index is -0.0432. The normalized spacial score (nSPS) is 22.6. The molecule has 0 heterocycles. The van der Waals surface area contributed by atoms with Crippen molar-refractivity contribution in [2.75, 3.05) is 26.9 Å². The second-order valence-electron chi connectivity index (χ2n) is 7.01. The molecule has 1 atom stereocenters. The first-order valence-electron chi connectivity index (χ1n) is 8.36. The Morgan fingerprint density at radius 3 is 2.20 bits per heavy atom. The van der Waals surface area contributed by atoms with Crippen LogP contribution in [-0.2, 0) is 9.47 Å². The second-order valence-corrected chi connectivity index (χ2v) is 7.01. The molecule has 3 heteroatoms. The van der Waals surface area contributed by atoms with E-state index in [1.165, 1.54) is 12.8 Å². The number of hydrogen-bond acceptors (Lipinski definition) is 3. The Kier molecular flexibility index (Phi) is 7.49. The molecule has 0 aromatic heterocycles. The molecular formula is C17H35NO2. The Labute approximate surface area is 125 Å². The van der Waals surface area contributed by atoms with E-state index in [1.54, 1.807) is 0 Å². The number of ether oxygens (including phenoxy) is 2. The molecule has 1 fully saturated rings. The number of hydrogen-bond donors (Lipinski definition) is 1. The fraction of sp³-hybridized carbons (Fsp3) is 1.00. The molecule has 0 aliphatic heterocycles. The summed E-state index contributed by atoms with van der Waals surface area (Å²) in [5.41, 5.74) is 0.417. The standard InChI is InChI=1S/C17H35NO2/c1-6-12-18-15(14-20-13-7-2)17(19-5)10-8-16(3,4)9-11-17/h15,18H,6-14H2,1-5H3. The van der Waals surface area contributed by atoms with Crippen molar-refractivity contribution in [1.29, 1.82) is 0 Å². The van der Waals surface area contributed by atoms with Gasteiger partial charge in [-0.3, -0.25) is 0 Å². The van der Waals surface area contributed by atoms with Gasteiger partial charge in [-0.2, -0.15) is 0 Å². The third-order valence-electron chi connectivity index (χ3n) is 4.77. The first-order chi connectivity index (χ1) is 9.49. The molecule has 0 amide bonds. The van der Waals surface area contributed by atoms with Crippen molar-refractivity contribution in [3.05, 3.63) is 0 Å². The highest BCUT2D eigenvalue weighted by molar-refractivity contribution is 4.98. The van der Waals surface area contributed by atoms with E-state index in [2.05, 4.69) is 33.0 Å². The molecule has 0 aromatic carbocycles. The van der Waals surface area contributed by atoms with Gasteiger partial charge >= 0.3 is 0 Å². The maximum atomic E-state index is 6.02. The molecule has 0 aromatic rings. The van der Waals surface area contributed by atoms with Crippen LogP contribution < -0.4 is 5.32 Å². The van der Waals surface area contributed by atoms with Crippen LogP contribution in [0.5, 0.6) is 0 Å². The third kappa shape index (κ3) is 5.01. The number of rotatable bonds is 9. The molecule has 1 aliphatic rings. The van der Waals surface area contributed by atoms with E-state index in [0.29, 0.717) is 11.5 Å². The Hall–Kier alpha value is -0.120. The van der Waals surface area contributed by atoms with Crippen LogP contribution in [-0.4, -0.2) is 38.5 Å². The summed E-state index contributed by atoms with van der Waals surface area (Å²) in [7, 11) is 1.87. The van der Waals surface area contributed by atoms with Gasteiger partial charge in [0.15, 0.2) is 0 Å². The molecular weight excluding hydrogens is 250 g/mol. The van der Waals surface area contributed by atoms with Crippen molar-refractivity contribution >= 4 is 0 Å². The SMILES string of the molecule is CCCNC(COCCC)C1(OC)CCC(C)(C)CC1. The van der Waals surface area contributed by atoms with Gasteiger partial charge in [0, 0.05) is 13.7 Å². The molecule has 0 radical (unpaired) electrons. The van der Waals surface area contributed by atoms with Crippen LogP contribution in [0.25, 0.3) is 0 Å². The predicted molar refractivity (Wildman–Crippen MR) is 85.2 cm³/mol. The van der Waals surface area contributed by atoms with E-state index in [9.17, 15) is 0 Å². The van der Waals surface area contributed by atoms with Crippen LogP contribution in [0.2, 0.25) is 0 Å². The van der Waals surface area contributed by atoms with Crippen molar-refractivity contribution in [1.82, 2.24) is 5.32 Å². The molecule has 0 spiro atoms. The Bertz CT molecular complexity index is 256. The van der Waals surface area contributed by atoms with Gasteiger partial charge in [-0.1, -0.05) is 27.7 Å². The van der Waals surface area contributed by atoms with Gasteiger partial charge in [-0.05, 0) is 50.5 Å². The number of nitrogens with one attached hydrogen (secondary N) is 1. The minimum absolute atomic E-state index is 0.0432. The molecule has 1 saturated carbocycles. The lowest BCUT2D eigenvalue weighted by atomic mass is 9.68. The summed E-state index contributed by atoms with van der Waals surface area (Å²) in [6.07, 6.45) is 6.96. The molecule has 0 saturated heterocycles. The zero-order valence-electron chi connectivity index (χ0n) is 14.3. The van der Waals surface area contributed by atoms with Crippen LogP contribution in [0.4, 0.5) is 0 Å². The first kappa shape index (κ1) is 17.9. The average molecular weight is 285 g/mol. The Morgan fingerprint density at radius 1 is 1.05 bits per heavy atom. The van der Waals surface area contributed by atoms with Crippen LogP contribution >= 0.6 is 0 Å². The maximum Gasteiger partial charge on any atom is 0.0853 e. The van der Waals surface area contributed by atoms with Crippen molar-refractivity contribution in [3.63, 3.8) is 0 Å². The summed E-state index contributed by atoms with van der Waals surface area (Å²) in [6, 6.07) is 0.315. The summed E-state index contributed by atoms with van der Waals surface area (Å²) in [5, 5.41) is 3.67. The van der Waals surface area contributed by atoms with Gasteiger partial charge in [0.25, 0.3) is 0 Å². The van der Waals surface area contributed by atoms with Crippen LogP contribution in [0, 0.1) is 5.41 Å². The minimum Gasteiger partial charge on any atom is -0.380 e. The first-order valence-corrected chi connectivity index (χ1v) is 8.36. The van der Waals surface area contributed by atoms with Gasteiger partial charge in [-0.15, -0.1) is 0 Å². The van der Waals surface area contributed by atoms with Crippen molar-refractivity contribution < 1.29 is 9.47 Å².